The summed E-state index contributed by atoms with van der Waals surface area (Å²) >= 11 is 0. The van der Waals surface area contributed by atoms with Gasteiger partial charge < -0.3 is 14.2 Å². The van der Waals surface area contributed by atoms with Crippen molar-refractivity contribution in [2.45, 2.75) is 271 Å². The Labute approximate surface area is 438 Å². The molecule has 6 heteroatoms. The van der Waals surface area contributed by atoms with E-state index in [9.17, 15) is 14.4 Å². The van der Waals surface area contributed by atoms with Crippen LogP contribution in [-0.4, -0.2) is 37.2 Å². The number of ether oxygens (including phenoxy) is 3. The molecule has 404 valence electrons. The Morgan fingerprint density at radius 1 is 0.296 bits per heavy atom. The molecular formula is C65H108O6. The van der Waals surface area contributed by atoms with Gasteiger partial charge in [-0.3, -0.25) is 14.4 Å². The molecule has 0 bridgehead atoms. The third-order valence-corrected chi connectivity index (χ3v) is 12.2. The molecule has 0 aliphatic carbocycles. The number of rotatable bonds is 52. The Hall–Kier alpha value is -3.93. The quantitative estimate of drug-likeness (QED) is 0.0261. The standard InChI is InChI=1S/C65H108O6/c1-4-7-10-13-16-19-22-25-28-30-32-33-34-36-37-40-43-46-49-52-55-58-64(67)70-61-62(60-69-63(66)57-54-51-48-45-42-39-27-24-21-18-15-12-9-6-3)71-65(68)59-56-53-50-47-44-41-38-35-31-29-26-23-20-17-14-11-8-5-2/h7,10,16,19-20,23-25,27-29,31-33,36-37,43,46,62H,4-6,8-9,11-15,17-18,21-22,26,30,34-35,38-42,44-45,47-61H2,1-3H3/b10-7-,19-16-,23-20-,27-24-,28-25-,31-29-,33-32-,37-36-,46-43-. The van der Waals surface area contributed by atoms with Crippen molar-refractivity contribution in [3.63, 3.8) is 0 Å². The van der Waals surface area contributed by atoms with E-state index in [1.54, 1.807) is 0 Å². The second-order valence-corrected chi connectivity index (χ2v) is 19.2. The van der Waals surface area contributed by atoms with Gasteiger partial charge in [0.05, 0.1) is 0 Å². The van der Waals surface area contributed by atoms with E-state index >= 15 is 0 Å². The molecule has 0 fully saturated rings. The van der Waals surface area contributed by atoms with Gasteiger partial charge in [-0.2, -0.15) is 0 Å². The third-order valence-electron chi connectivity index (χ3n) is 12.2. The minimum atomic E-state index is -0.806. The average Bonchev–Trinajstić information content (AvgIpc) is 3.37. The van der Waals surface area contributed by atoms with Crippen molar-refractivity contribution in [1.29, 1.82) is 0 Å². The molecule has 0 aromatic heterocycles. The highest BCUT2D eigenvalue weighted by molar-refractivity contribution is 5.71. The van der Waals surface area contributed by atoms with E-state index in [1.165, 1.54) is 103 Å². The van der Waals surface area contributed by atoms with Crippen LogP contribution in [-0.2, 0) is 28.6 Å². The monoisotopic (exact) mass is 985 g/mol. The molecule has 0 amide bonds. The molecule has 0 aromatic rings. The van der Waals surface area contributed by atoms with Crippen molar-refractivity contribution in [3.05, 3.63) is 109 Å². The third kappa shape index (κ3) is 56.9. The number of unbranched alkanes of at least 4 members (excludes halogenated alkanes) is 23. The molecule has 6 nitrogen and oxygen atoms in total. The van der Waals surface area contributed by atoms with Crippen LogP contribution < -0.4 is 0 Å². The van der Waals surface area contributed by atoms with Crippen LogP contribution in [0, 0.1) is 0 Å². The molecule has 0 radical (unpaired) electrons. The van der Waals surface area contributed by atoms with Crippen molar-refractivity contribution < 1.29 is 28.6 Å². The zero-order valence-corrected chi connectivity index (χ0v) is 46.2. The van der Waals surface area contributed by atoms with Gasteiger partial charge in [-0.1, -0.05) is 226 Å². The molecule has 71 heavy (non-hydrogen) atoms. The highest BCUT2D eigenvalue weighted by Gasteiger charge is 2.19. The van der Waals surface area contributed by atoms with E-state index in [0.29, 0.717) is 25.7 Å². The fourth-order valence-corrected chi connectivity index (χ4v) is 7.82. The zero-order chi connectivity index (χ0) is 51.4. The van der Waals surface area contributed by atoms with Crippen LogP contribution in [0.1, 0.15) is 265 Å². The summed E-state index contributed by atoms with van der Waals surface area (Å²) < 4.78 is 16.8. The predicted molar refractivity (Wildman–Crippen MR) is 307 cm³/mol. The van der Waals surface area contributed by atoms with Crippen LogP contribution in [0.3, 0.4) is 0 Å². The number of hydrogen-bond donors (Lipinski definition) is 0. The smallest absolute Gasteiger partial charge is 0.306 e. The summed E-state index contributed by atoms with van der Waals surface area (Å²) in [5.41, 5.74) is 0. The second-order valence-electron chi connectivity index (χ2n) is 19.2. The molecule has 0 saturated heterocycles. The van der Waals surface area contributed by atoms with Gasteiger partial charge in [-0.05, 0) is 128 Å². The van der Waals surface area contributed by atoms with Gasteiger partial charge in [-0.15, -0.1) is 0 Å². The summed E-state index contributed by atoms with van der Waals surface area (Å²) in [6.45, 7) is 6.45. The van der Waals surface area contributed by atoms with E-state index in [-0.39, 0.29) is 31.1 Å². The van der Waals surface area contributed by atoms with Crippen LogP contribution in [0.2, 0.25) is 0 Å². The zero-order valence-electron chi connectivity index (χ0n) is 46.2. The first-order valence-electron chi connectivity index (χ1n) is 29.4. The van der Waals surface area contributed by atoms with Gasteiger partial charge in [0.1, 0.15) is 13.2 Å². The Bertz CT molecular complexity index is 1460. The first kappa shape index (κ1) is 67.1. The molecule has 0 spiro atoms. The van der Waals surface area contributed by atoms with Crippen LogP contribution in [0.4, 0.5) is 0 Å². The normalized spacial score (nSPS) is 12.9. The van der Waals surface area contributed by atoms with Crippen molar-refractivity contribution in [3.8, 4) is 0 Å². The van der Waals surface area contributed by atoms with Gasteiger partial charge in [0.2, 0.25) is 0 Å². The highest BCUT2D eigenvalue weighted by atomic mass is 16.6. The average molecular weight is 986 g/mol. The molecule has 0 heterocycles. The minimum Gasteiger partial charge on any atom is -0.462 e. The fraction of sp³-hybridized carbons (Fsp3) is 0.677. The maximum Gasteiger partial charge on any atom is 0.306 e. The first-order chi connectivity index (χ1) is 35.0. The molecule has 0 aliphatic heterocycles. The molecule has 0 aliphatic rings. The lowest BCUT2D eigenvalue weighted by Crippen LogP contribution is -2.30. The van der Waals surface area contributed by atoms with Crippen LogP contribution in [0.15, 0.2) is 109 Å². The lowest BCUT2D eigenvalue weighted by atomic mass is 10.1. The summed E-state index contributed by atoms with van der Waals surface area (Å²) in [7, 11) is 0. The Morgan fingerprint density at radius 2 is 0.549 bits per heavy atom. The molecule has 0 N–H and O–H groups in total. The number of esters is 3. The van der Waals surface area contributed by atoms with Crippen molar-refractivity contribution in [2.24, 2.45) is 0 Å². The largest absolute Gasteiger partial charge is 0.462 e. The highest BCUT2D eigenvalue weighted by Crippen LogP contribution is 2.14. The number of allylic oxidation sites excluding steroid dienone is 18. The van der Waals surface area contributed by atoms with Gasteiger partial charge in [0.25, 0.3) is 0 Å². The summed E-state index contributed by atoms with van der Waals surface area (Å²) in [4.78, 5) is 38.2. The number of hydrogen-bond acceptors (Lipinski definition) is 6. The fourth-order valence-electron chi connectivity index (χ4n) is 7.82. The van der Waals surface area contributed by atoms with Crippen molar-refractivity contribution in [1.82, 2.24) is 0 Å². The molecule has 1 atom stereocenters. The summed E-state index contributed by atoms with van der Waals surface area (Å²) in [6, 6.07) is 0. The summed E-state index contributed by atoms with van der Waals surface area (Å²) in [5.74, 6) is -0.960. The molecule has 0 aromatic carbocycles. The van der Waals surface area contributed by atoms with Crippen molar-refractivity contribution >= 4 is 17.9 Å². The van der Waals surface area contributed by atoms with Gasteiger partial charge >= 0.3 is 17.9 Å². The maximum atomic E-state index is 12.9. The van der Waals surface area contributed by atoms with Crippen LogP contribution in [0.5, 0.6) is 0 Å². The lowest BCUT2D eigenvalue weighted by Gasteiger charge is -2.18. The van der Waals surface area contributed by atoms with Crippen LogP contribution in [0.25, 0.3) is 0 Å². The lowest BCUT2D eigenvalue weighted by molar-refractivity contribution is -0.167. The number of carbonyl (C=O) groups is 3. The second kappa shape index (κ2) is 58.6. The van der Waals surface area contributed by atoms with E-state index in [2.05, 4.69) is 130 Å². The SMILES string of the molecule is CC/C=C\C/C=C\C/C=C\C/C=C\C/C=C\C/C=C\CCCCC(=O)OCC(COC(=O)CCCCCCC/C=C\CCCCCCC)OC(=O)CCCCCCCCC/C=C\C/C=C\CCCCCC. The Kier molecular flexibility index (Phi) is 55.4. The van der Waals surface area contributed by atoms with E-state index in [4.69, 9.17) is 14.2 Å². The summed E-state index contributed by atoms with van der Waals surface area (Å²) in [5, 5.41) is 0. The van der Waals surface area contributed by atoms with E-state index < -0.39 is 6.10 Å². The molecule has 0 rings (SSSR count). The number of carbonyl (C=O) groups excluding carboxylic acids is 3. The molecule has 1 unspecified atom stereocenters. The van der Waals surface area contributed by atoms with E-state index in [1.807, 2.05) is 0 Å². The Morgan fingerprint density at radius 3 is 0.915 bits per heavy atom. The Balaban J connectivity index is 4.49. The van der Waals surface area contributed by atoms with Crippen LogP contribution >= 0.6 is 0 Å². The van der Waals surface area contributed by atoms with Gasteiger partial charge in [0.15, 0.2) is 6.10 Å². The van der Waals surface area contributed by atoms with Gasteiger partial charge in [0, 0.05) is 19.3 Å². The van der Waals surface area contributed by atoms with E-state index in [0.717, 1.165) is 116 Å². The predicted octanol–water partition coefficient (Wildman–Crippen LogP) is 19.9. The maximum absolute atomic E-state index is 12.9. The molecule has 0 saturated carbocycles. The topological polar surface area (TPSA) is 78.9 Å². The minimum absolute atomic E-state index is 0.101. The first-order valence-corrected chi connectivity index (χ1v) is 29.4. The molecular weight excluding hydrogens is 877 g/mol. The summed E-state index contributed by atoms with van der Waals surface area (Å²) in [6.07, 6.45) is 79.3. The van der Waals surface area contributed by atoms with Gasteiger partial charge in [-0.25, -0.2) is 0 Å². The van der Waals surface area contributed by atoms with Crippen molar-refractivity contribution in [2.75, 3.05) is 13.2 Å².